The molecule has 0 radical (unpaired) electrons. The predicted molar refractivity (Wildman–Crippen MR) is 97.2 cm³/mol. The summed E-state index contributed by atoms with van der Waals surface area (Å²) < 4.78 is 32.5. The molecule has 1 aliphatic rings. The van der Waals surface area contributed by atoms with Crippen molar-refractivity contribution >= 4 is 16.1 Å². The first-order valence-electron chi connectivity index (χ1n) is 8.50. The standard InChI is InChI=1S/C18H23N3O4S/c1-14-5-6-15(2)17(12-14)26(23,24)21-9-7-20(8-10-21)18(22)19-13-16-4-3-11-25-16/h3-6,11-12H,7-10,13H2,1-2H3,(H,19,22). The third-order valence-corrected chi connectivity index (χ3v) is 6.52. The zero-order valence-corrected chi connectivity index (χ0v) is 15.8. The molecule has 2 heterocycles. The normalized spacial score (nSPS) is 15.8. The number of amides is 2. The van der Waals surface area contributed by atoms with Crippen LogP contribution in [-0.2, 0) is 16.6 Å². The highest BCUT2D eigenvalue weighted by Crippen LogP contribution is 2.22. The summed E-state index contributed by atoms with van der Waals surface area (Å²) in [5, 5.41) is 2.78. The van der Waals surface area contributed by atoms with Crippen molar-refractivity contribution in [2.45, 2.75) is 25.3 Å². The quantitative estimate of drug-likeness (QED) is 0.885. The van der Waals surface area contributed by atoms with Crippen LogP contribution in [0, 0.1) is 13.8 Å². The molecule has 140 valence electrons. The van der Waals surface area contributed by atoms with Crippen molar-refractivity contribution < 1.29 is 17.6 Å². The van der Waals surface area contributed by atoms with Gasteiger partial charge in [-0.25, -0.2) is 13.2 Å². The molecule has 1 aromatic carbocycles. The molecular weight excluding hydrogens is 354 g/mol. The second-order valence-electron chi connectivity index (χ2n) is 6.40. The summed E-state index contributed by atoms with van der Waals surface area (Å²) in [5.41, 5.74) is 1.64. The van der Waals surface area contributed by atoms with Gasteiger partial charge in [0, 0.05) is 26.2 Å². The van der Waals surface area contributed by atoms with Crippen molar-refractivity contribution in [1.29, 1.82) is 0 Å². The van der Waals surface area contributed by atoms with E-state index in [9.17, 15) is 13.2 Å². The molecule has 0 unspecified atom stereocenters. The van der Waals surface area contributed by atoms with Crippen LogP contribution in [0.2, 0.25) is 0 Å². The highest BCUT2D eigenvalue weighted by molar-refractivity contribution is 7.89. The van der Waals surface area contributed by atoms with Gasteiger partial charge in [-0.1, -0.05) is 12.1 Å². The van der Waals surface area contributed by atoms with Gasteiger partial charge in [0.15, 0.2) is 0 Å². The van der Waals surface area contributed by atoms with E-state index in [1.807, 2.05) is 19.1 Å². The van der Waals surface area contributed by atoms with Crippen LogP contribution in [-0.4, -0.2) is 49.8 Å². The number of rotatable bonds is 4. The average Bonchev–Trinajstić information content (AvgIpc) is 3.15. The predicted octanol–water partition coefficient (Wildman–Crippen LogP) is 2.11. The smallest absolute Gasteiger partial charge is 0.317 e. The van der Waals surface area contributed by atoms with Crippen LogP contribution in [0.15, 0.2) is 45.9 Å². The molecule has 26 heavy (non-hydrogen) atoms. The Morgan fingerprint density at radius 3 is 2.54 bits per heavy atom. The summed E-state index contributed by atoms with van der Waals surface area (Å²) in [6, 6.07) is 8.75. The molecule has 0 spiro atoms. The van der Waals surface area contributed by atoms with E-state index in [1.165, 1.54) is 4.31 Å². The number of hydrogen-bond donors (Lipinski definition) is 1. The zero-order valence-electron chi connectivity index (χ0n) is 14.9. The monoisotopic (exact) mass is 377 g/mol. The van der Waals surface area contributed by atoms with Crippen molar-refractivity contribution in [2.75, 3.05) is 26.2 Å². The molecule has 7 nitrogen and oxygen atoms in total. The maximum absolute atomic E-state index is 12.9. The largest absolute Gasteiger partial charge is 0.467 e. The van der Waals surface area contributed by atoms with Gasteiger partial charge in [-0.05, 0) is 43.2 Å². The fourth-order valence-corrected chi connectivity index (χ4v) is 4.68. The van der Waals surface area contributed by atoms with E-state index < -0.39 is 10.0 Å². The lowest BCUT2D eigenvalue weighted by Gasteiger charge is -2.34. The number of carbonyl (C=O) groups is 1. The summed E-state index contributed by atoms with van der Waals surface area (Å²) in [4.78, 5) is 14.2. The maximum atomic E-state index is 12.9. The van der Waals surface area contributed by atoms with E-state index in [4.69, 9.17) is 4.42 Å². The maximum Gasteiger partial charge on any atom is 0.317 e. The van der Waals surface area contributed by atoms with E-state index in [-0.39, 0.29) is 19.1 Å². The van der Waals surface area contributed by atoms with Crippen LogP contribution < -0.4 is 5.32 Å². The van der Waals surface area contributed by atoms with Crippen LogP contribution in [0.25, 0.3) is 0 Å². The topological polar surface area (TPSA) is 82.9 Å². The van der Waals surface area contributed by atoms with Gasteiger partial charge in [0.2, 0.25) is 10.0 Å². The lowest BCUT2D eigenvalue weighted by atomic mass is 10.2. The fourth-order valence-electron chi connectivity index (χ4n) is 2.94. The van der Waals surface area contributed by atoms with Gasteiger partial charge >= 0.3 is 6.03 Å². The van der Waals surface area contributed by atoms with Crippen molar-refractivity contribution in [1.82, 2.24) is 14.5 Å². The Morgan fingerprint density at radius 2 is 1.88 bits per heavy atom. The molecule has 0 aliphatic carbocycles. The molecular formula is C18H23N3O4S. The molecule has 0 atom stereocenters. The average molecular weight is 377 g/mol. The van der Waals surface area contributed by atoms with Crippen molar-refractivity contribution in [3.05, 3.63) is 53.5 Å². The number of hydrogen-bond acceptors (Lipinski definition) is 4. The van der Waals surface area contributed by atoms with E-state index in [0.717, 1.165) is 11.1 Å². The SMILES string of the molecule is Cc1ccc(C)c(S(=O)(=O)N2CCN(C(=O)NCc3ccco3)CC2)c1. The molecule has 1 saturated heterocycles. The summed E-state index contributed by atoms with van der Waals surface area (Å²) in [6.45, 7) is 5.26. The molecule has 3 rings (SSSR count). The minimum Gasteiger partial charge on any atom is -0.467 e. The first kappa shape index (κ1) is 18.5. The molecule has 2 aromatic rings. The number of piperazine rings is 1. The van der Waals surface area contributed by atoms with Crippen LogP contribution in [0.3, 0.4) is 0 Å². The lowest BCUT2D eigenvalue weighted by molar-refractivity contribution is 0.171. The van der Waals surface area contributed by atoms with Gasteiger partial charge in [0.1, 0.15) is 5.76 Å². The molecule has 1 fully saturated rings. The number of nitrogens with one attached hydrogen (secondary N) is 1. The first-order chi connectivity index (χ1) is 12.4. The summed E-state index contributed by atoms with van der Waals surface area (Å²) in [7, 11) is -3.55. The highest BCUT2D eigenvalue weighted by Gasteiger charge is 2.31. The second kappa shape index (κ2) is 7.51. The van der Waals surface area contributed by atoms with Crippen molar-refractivity contribution in [3.8, 4) is 0 Å². The molecule has 1 aromatic heterocycles. The van der Waals surface area contributed by atoms with Gasteiger partial charge in [-0.2, -0.15) is 4.31 Å². The van der Waals surface area contributed by atoms with Crippen LogP contribution in [0.4, 0.5) is 4.79 Å². The van der Waals surface area contributed by atoms with E-state index in [0.29, 0.717) is 30.3 Å². The summed E-state index contributed by atoms with van der Waals surface area (Å²) >= 11 is 0. The number of urea groups is 1. The van der Waals surface area contributed by atoms with Gasteiger partial charge in [0.25, 0.3) is 0 Å². The Kier molecular flexibility index (Phi) is 5.33. The van der Waals surface area contributed by atoms with Gasteiger partial charge in [-0.3, -0.25) is 0 Å². The molecule has 2 amide bonds. The molecule has 0 bridgehead atoms. The molecule has 1 N–H and O–H groups in total. The van der Waals surface area contributed by atoms with E-state index >= 15 is 0 Å². The lowest BCUT2D eigenvalue weighted by Crippen LogP contribution is -2.53. The number of sulfonamides is 1. The second-order valence-corrected chi connectivity index (χ2v) is 8.30. The number of benzene rings is 1. The van der Waals surface area contributed by atoms with Crippen LogP contribution in [0.5, 0.6) is 0 Å². The van der Waals surface area contributed by atoms with Gasteiger partial charge in [-0.15, -0.1) is 0 Å². The van der Waals surface area contributed by atoms with Crippen molar-refractivity contribution in [2.24, 2.45) is 0 Å². The zero-order chi connectivity index (χ0) is 18.7. The first-order valence-corrected chi connectivity index (χ1v) is 9.94. The van der Waals surface area contributed by atoms with Crippen molar-refractivity contribution in [3.63, 3.8) is 0 Å². The number of aryl methyl sites for hydroxylation is 2. The minimum absolute atomic E-state index is 0.217. The Morgan fingerprint density at radius 1 is 1.15 bits per heavy atom. The van der Waals surface area contributed by atoms with Crippen LogP contribution >= 0.6 is 0 Å². The third kappa shape index (κ3) is 3.91. The van der Waals surface area contributed by atoms with Gasteiger partial charge < -0.3 is 14.6 Å². The third-order valence-electron chi connectivity index (χ3n) is 4.48. The Bertz CT molecular complexity index is 870. The number of carbonyl (C=O) groups excluding carboxylic acids is 1. The van der Waals surface area contributed by atoms with Gasteiger partial charge in [0.05, 0.1) is 17.7 Å². The highest BCUT2D eigenvalue weighted by atomic mass is 32.2. The number of nitrogens with zero attached hydrogens (tertiary/aromatic N) is 2. The Balaban J connectivity index is 1.60. The summed E-state index contributed by atoms with van der Waals surface area (Å²) in [5.74, 6) is 0.675. The Hall–Kier alpha value is -2.32. The molecule has 8 heteroatoms. The minimum atomic E-state index is -3.55. The molecule has 1 aliphatic heterocycles. The Labute approximate surface area is 153 Å². The van der Waals surface area contributed by atoms with Crippen LogP contribution in [0.1, 0.15) is 16.9 Å². The fraction of sp³-hybridized carbons (Fsp3) is 0.389. The molecule has 0 saturated carbocycles. The van der Waals surface area contributed by atoms with E-state index in [2.05, 4.69) is 5.32 Å². The number of furan rings is 1. The summed E-state index contributed by atoms with van der Waals surface area (Å²) in [6.07, 6.45) is 1.55. The van der Waals surface area contributed by atoms with E-state index in [1.54, 1.807) is 36.3 Å².